The molecule has 1 amide bonds. The zero-order valence-electron chi connectivity index (χ0n) is 10.6. The number of carbonyl (C=O) groups is 1. The van der Waals surface area contributed by atoms with Gasteiger partial charge in [-0.15, -0.1) is 0 Å². The fraction of sp³-hybridized carbons (Fsp3) is 0.667. The van der Waals surface area contributed by atoms with Crippen molar-refractivity contribution in [1.82, 2.24) is 5.32 Å². The van der Waals surface area contributed by atoms with E-state index in [0.29, 0.717) is 6.42 Å². The highest BCUT2D eigenvalue weighted by Gasteiger charge is 2.21. The quantitative estimate of drug-likeness (QED) is 0.656. The first-order chi connectivity index (χ1) is 6.88. The van der Waals surface area contributed by atoms with Crippen molar-refractivity contribution in [2.45, 2.75) is 41.0 Å². The van der Waals surface area contributed by atoms with E-state index < -0.39 is 0 Å². The highest BCUT2D eigenvalue weighted by molar-refractivity contribution is 6.16. The Morgan fingerprint density at radius 3 is 2.07 bits per heavy atom. The molecule has 1 fully saturated rings. The van der Waals surface area contributed by atoms with Gasteiger partial charge in [0.1, 0.15) is 5.84 Å². The van der Waals surface area contributed by atoms with E-state index in [1.165, 1.54) is 0 Å². The Bertz CT molecular complexity index is 281. The summed E-state index contributed by atoms with van der Waals surface area (Å²) >= 11 is 0. The van der Waals surface area contributed by atoms with Crippen LogP contribution in [-0.4, -0.2) is 18.8 Å². The van der Waals surface area contributed by atoms with E-state index in [4.69, 9.17) is 0 Å². The van der Waals surface area contributed by atoms with Crippen molar-refractivity contribution in [3.8, 4) is 0 Å². The first-order valence-corrected chi connectivity index (χ1v) is 5.31. The third-order valence-electron chi connectivity index (χ3n) is 1.71. The number of carbonyl (C=O) groups excluding carboxylic acids is 1. The van der Waals surface area contributed by atoms with Crippen LogP contribution in [-0.2, 0) is 4.79 Å². The predicted molar refractivity (Wildman–Crippen MR) is 65.0 cm³/mol. The average molecular weight is 210 g/mol. The predicted octanol–water partition coefficient (Wildman–Crippen LogP) is 2.53. The number of amides is 1. The fourth-order valence-corrected chi connectivity index (χ4v) is 1.10. The summed E-state index contributed by atoms with van der Waals surface area (Å²) in [7, 11) is 1.68. The molecule has 1 heterocycles. The van der Waals surface area contributed by atoms with Gasteiger partial charge in [-0.3, -0.25) is 9.79 Å². The van der Waals surface area contributed by atoms with Crippen LogP contribution in [0.5, 0.6) is 0 Å². The molecule has 1 aliphatic rings. The van der Waals surface area contributed by atoms with Crippen LogP contribution in [0.1, 0.15) is 41.0 Å². The Kier molecular flexibility index (Phi) is 5.90. The van der Waals surface area contributed by atoms with E-state index in [2.05, 4.69) is 31.1 Å². The molecule has 0 bridgehead atoms. The average Bonchev–Trinajstić information content (AvgIpc) is 2.45. The number of aliphatic imine (C=N–C) groups is 1. The lowest BCUT2D eigenvalue weighted by Crippen LogP contribution is -2.20. The van der Waals surface area contributed by atoms with Gasteiger partial charge in [0.15, 0.2) is 0 Å². The highest BCUT2D eigenvalue weighted by atomic mass is 16.1. The normalized spacial score (nSPS) is 17.7. The maximum absolute atomic E-state index is 10.9. The second-order valence-corrected chi connectivity index (χ2v) is 4.51. The second kappa shape index (κ2) is 6.38. The zero-order valence-corrected chi connectivity index (χ0v) is 10.6. The van der Waals surface area contributed by atoms with Crippen molar-refractivity contribution in [2.75, 3.05) is 7.05 Å². The van der Waals surface area contributed by atoms with Crippen LogP contribution < -0.4 is 5.32 Å². The maximum Gasteiger partial charge on any atom is 0.230 e. The van der Waals surface area contributed by atoms with Crippen LogP contribution in [0.2, 0.25) is 0 Å². The molecule has 0 aromatic heterocycles. The third kappa shape index (κ3) is 5.35. The van der Waals surface area contributed by atoms with Gasteiger partial charge in [-0.05, 0) is 19.8 Å². The third-order valence-corrected chi connectivity index (χ3v) is 1.71. The minimum absolute atomic E-state index is 0.0433. The van der Waals surface area contributed by atoms with Crippen LogP contribution in [0.4, 0.5) is 0 Å². The van der Waals surface area contributed by atoms with Crippen molar-refractivity contribution in [3.05, 3.63) is 11.1 Å². The van der Waals surface area contributed by atoms with Crippen LogP contribution in [0.3, 0.4) is 0 Å². The lowest BCUT2D eigenvalue weighted by Gasteiger charge is -1.98. The number of allylic oxidation sites excluding steroid dienone is 1. The summed E-state index contributed by atoms with van der Waals surface area (Å²) < 4.78 is 0. The molecular weight excluding hydrogens is 188 g/mol. The van der Waals surface area contributed by atoms with E-state index in [0.717, 1.165) is 22.9 Å². The summed E-state index contributed by atoms with van der Waals surface area (Å²) in [5.74, 6) is 1.61. The lowest BCUT2D eigenvalue weighted by molar-refractivity contribution is -0.118. The van der Waals surface area contributed by atoms with E-state index >= 15 is 0 Å². The summed E-state index contributed by atoms with van der Waals surface area (Å²) in [6.07, 6.45) is 0.481. The number of rotatable bonds is 0. The molecule has 1 rings (SSSR count). The minimum atomic E-state index is 0.0433. The number of hydrogen-bond acceptors (Lipinski definition) is 2. The Hall–Kier alpha value is -1.12. The van der Waals surface area contributed by atoms with Gasteiger partial charge < -0.3 is 5.32 Å². The Labute approximate surface area is 92.7 Å². The van der Waals surface area contributed by atoms with Gasteiger partial charge >= 0.3 is 0 Å². The minimum Gasteiger partial charge on any atom is -0.310 e. The molecular formula is C12H22N2O. The molecule has 1 N–H and O–H groups in total. The van der Waals surface area contributed by atoms with Gasteiger partial charge in [-0.2, -0.15) is 0 Å². The molecule has 0 aromatic carbocycles. The summed E-state index contributed by atoms with van der Waals surface area (Å²) in [5, 5.41) is 2.69. The van der Waals surface area contributed by atoms with Gasteiger partial charge in [-0.1, -0.05) is 26.3 Å². The molecule has 3 nitrogen and oxygen atoms in total. The molecule has 0 spiro atoms. The summed E-state index contributed by atoms with van der Waals surface area (Å²) in [5.41, 5.74) is 2.20. The van der Waals surface area contributed by atoms with Gasteiger partial charge in [0.2, 0.25) is 5.91 Å². The Morgan fingerprint density at radius 2 is 1.80 bits per heavy atom. The number of nitrogens with one attached hydrogen (secondary N) is 1. The van der Waals surface area contributed by atoms with E-state index in [-0.39, 0.29) is 5.91 Å². The van der Waals surface area contributed by atoms with Crippen LogP contribution in [0, 0.1) is 5.92 Å². The van der Waals surface area contributed by atoms with Gasteiger partial charge in [0.25, 0.3) is 0 Å². The molecule has 1 saturated heterocycles. The maximum atomic E-state index is 10.9. The topological polar surface area (TPSA) is 41.5 Å². The first-order valence-electron chi connectivity index (χ1n) is 5.31. The van der Waals surface area contributed by atoms with Crippen molar-refractivity contribution >= 4 is 11.7 Å². The number of hydrogen-bond donors (Lipinski definition) is 1. The van der Waals surface area contributed by atoms with Crippen molar-refractivity contribution in [1.29, 1.82) is 0 Å². The van der Waals surface area contributed by atoms with Gasteiger partial charge in [-0.25, -0.2) is 0 Å². The standard InChI is InChI=1S/C8H12N2O.C4H10/c1-5(2)6-4-7(11)10-8(6)9-3;1-4(2)3/h4H2,1-3H3,(H,9,10,11);4H,1-3H3. The summed E-state index contributed by atoms with van der Waals surface area (Å²) in [6, 6.07) is 0. The second-order valence-electron chi connectivity index (χ2n) is 4.51. The molecule has 0 atom stereocenters. The Morgan fingerprint density at radius 1 is 1.33 bits per heavy atom. The Balaban J connectivity index is 0.000000423. The molecule has 1 aliphatic heterocycles. The smallest absolute Gasteiger partial charge is 0.230 e. The molecule has 86 valence electrons. The largest absolute Gasteiger partial charge is 0.310 e. The fourth-order valence-electron chi connectivity index (χ4n) is 1.10. The van der Waals surface area contributed by atoms with Gasteiger partial charge in [0.05, 0.1) is 6.42 Å². The van der Waals surface area contributed by atoms with Crippen molar-refractivity contribution in [3.63, 3.8) is 0 Å². The molecule has 3 heteroatoms. The number of amidine groups is 1. The monoisotopic (exact) mass is 210 g/mol. The molecule has 0 aromatic rings. The zero-order chi connectivity index (χ0) is 12.0. The summed E-state index contributed by atoms with van der Waals surface area (Å²) in [6.45, 7) is 10.5. The number of nitrogens with zero attached hydrogens (tertiary/aromatic N) is 1. The van der Waals surface area contributed by atoms with Crippen LogP contribution >= 0.6 is 0 Å². The summed E-state index contributed by atoms with van der Waals surface area (Å²) in [4.78, 5) is 14.9. The SMILES string of the molecule is CC(C)C.CN=C1NC(=O)CC1=C(C)C. The van der Waals surface area contributed by atoms with Crippen LogP contribution in [0.15, 0.2) is 16.1 Å². The van der Waals surface area contributed by atoms with E-state index in [1.807, 2.05) is 13.8 Å². The lowest BCUT2D eigenvalue weighted by atomic mass is 10.1. The molecule has 0 aliphatic carbocycles. The molecule has 15 heavy (non-hydrogen) atoms. The van der Waals surface area contributed by atoms with E-state index in [9.17, 15) is 4.79 Å². The first kappa shape index (κ1) is 13.9. The molecule has 0 unspecified atom stereocenters. The van der Waals surface area contributed by atoms with E-state index in [1.54, 1.807) is 7.05 Å². The van der Waals surface area contributed by atoms with Gasteiger partial charge in [0, 0.05) is 12.6 Å². The molecule has 0 radical (unpaired) electrons. The highest BCUT2D eigenvalue weighted by Crippen LogP contribution is 2.14. The van der Waals surface area contributed by atoms with Crippen LogP contribution in [0.25, 0.3) is 0 Å². The van der Waals surface area contributed by atoms with Crippen molar-refractivity contribution < 1.29 is 4.79 Å². The van der Waals surface area contributed by atoms with Crippen molar-refractivity contribution in [2.24, 2.45) is 10.9 Å². The molecule has 0 saturated carbocycles.